The molecule has 0 atom stereocenters. The van der Waals surface area contributed by atoms with E-state index in [9.17, 15) is 4.79 Å². The summed E-state index contributed by atoms with van der Waals surface area (Å²) in [7, 11) is 0. The SMILES string of the molecule is C1=CNSC=C1.CCOC(=O)CC. The van der Waals surface area contributed by atoms with Crippen LogP contribution in [0.15, 0.2) is 23.8 Å². The molecule has 0 spiro atoms. The third kappa shape index (κ3) is 9.01. The van der Waals surface area contributed by atoms with Gasteiger partial charge in [-0.3, -0.25) is 4.79 Å². The fraction of sp³-hybridized carbons (Fsp3) is 0.444. The minimum atomic E-state index is -0.123. The van der Waals surface area contributed by atoms with E-state index in [1.165, 1.54) is 0 Å². The van der Waals surface area contributed by atoms with Crippen LogP contribution in [0, 0.1) is 0 Å². The van der Waals surface area contributed by atoms with Gasteiger partial charge >= 0.3 is 5.97 Å². The summed E-state index contributed by atoms with van der Waals surface area (Å²) in [5, 5.41) is 1.99. The quantitative estimate of drug-likeness (QED) is 0.549. The Balaban J connectivity index is 0.000000223. The van der Waals surface area contributed by atoms with Gasteiger partial charge in [0.25, 0.3) is 0 Å². The van der Waals surface area contributed by atoms with Crippen molar-refractivity contribution in [3.05, 3.63) is 23.8 Å². The smallest absolute Gasteiger partial charge is 0.305 e. The summed E-state index contributed by atoms with van der Waals surface area (Å²) in [5.41, 5.74) is 0. The van der Waals surface area contributed by atoms with E-state index in [4.69, 9.17) is 0 Å². The van der Waals surface area contributed by atoms with Crippen molar-refractivity contribution in [2.45, 2.75) is 20.3 Å². The van der Waals surface area contributed by atoms with E-state index in [1.54, 1.807) is 25.8 Å². The first kappa shape index (κ1) is 12.1. The van der Waals surface area contributed by atoms with Crippen LogP contribution in [0.1, 0.15) is 20.3 Å². The second kappa shape index (κ2) is 9.19. The first-order valence-electron chi connectivity index (χ1n) is 4.19. The molecule has 1 rings (SSSR count). The lowest BCUT2D eigenvalue weighted by Crippen LogP contribution is -2.00. The predicted molar refractivity (Wildman–Crippen MR) is 55.9 cm³/mol. The number of esters is 1. The lowest BCUT2D eigenvalue weighted by Gasteiger charge is -1.93. The zero-order chi connectivity index (χ0) is 9.94. The third-order valence-corrected chi connectivity index (χ3v) is 1.65. The third-order valence-electron chi connectivity index (χ3n) is 1.08. The van der Waals surface area contributed by atoms with Crippen molar-refractivity contribution < 1.29 is 9.53 Å². The van der Waals surface area contributed by atoms with Gasteiger partial charge in [0.2, 0.25) is 0 Å². The van der Waals surface area contributed by atoms with Crippen molar-refractivity contribution in [2.24, 2.45) is 0 Å². The maximum Gasteiger partial charge on any atom is 0.305 e. The van der Waals surface area contributed by atoms with Crippen LogP contribution in [-0.4, -0.2) is 12.6 Å². The molecule has 0 saturated carbocycles. The average molecular weight is 201 g/mol. The lowest BCUT2D eigenvalue weighted by molar-refractivity contribution is -0.142. The molecular formula is C9H15NO2S. The summed E-state index contributed by atoms with van der Waals surface area (Å²) >= 11 is 1.58. The Morgan fingerprint density at radius 3 is 2.38 bits per heavy atom. The van der Waals surface area contributed by atoms with Crippen LogP contribution >= 0.6 is 11.9 Å². The van der Waals surface area contributed by atoms with Crippen LogP contribution in [-0.2, 0) is 9.53 Å². The lowest BCUT2D eigenvalue weighted by atomic mass is 10.5. The summed E-state index contributed by atoms with van der Waals surface area (Å²) in [5.74, 6) is -0.123. The van der Waals surface area contributed by atoms with E-state index >= 15 is 0 Å². The first-order chi connectivity index (χ1) is 6.31. The van der Waals surface area contributed by atoms with Gasteiger partial charge in [0.05, 0.1) is 6.61 Å². The van der Waals surface area contributed by atoms with Crippen LogP contribution in [0.4, 0.5) is 0 Å². The molecule has 74 valence electrons. The van der Waals surface area contributed by atoms with Gasteiger partial charge in [-0.05, 0) is 30.4 Å². The van der Waals surface area contributed by atoms with Crippen LogP contribution in [0.25, 0.3) is 0 Å². The van der Waals surface area contributed by atoms with Gasteiger partial charge in [-0.25, -0.2) is 0 Å². The van der Waals surface area contributed by atoms with E-state index in [0.717, 1.165) is 0 Å². The molecular weight excluding hydrogens is 186 g/mol. The summed E-state index contributed by atoms with van der Waals surface area (Å²) < 4.78 is 7.49. The minimum absolute atomic E-state index is 0.123. The van der Waals surface area contributed by atoms with E-state index in [-0.39, 0.29) is 5.97 Å². The highest BCUT2D eigenvalue weighted by Gasteiger charge is 1.91. The van der Waals surface area contributed by atoms with Gasteiger partial charge < -0.3 is 9.46 Å². The molecule has 4 heteroatoms. The fourth-order valence-corrected chi connectivity index (χ4v) is 0.926. The second-order valence-corrected chi connectivity index (χ2v) is 2.83. The Hall–Kier alpha value is -0.900. The topological polar surface area (TPSA) is 38.3 Å². The number of nitrogens with one attached hydrogen (secondary N) is 1. The molecule has 0 aromatic carbocycles. The Kier molecular flexibility index (Phi) is 8.55. The molecule has 0 saturated heterocycles. The van der Waals surface area contributed by atoms with E-state index in [0.29, 0.717) is 13.0 Å². The highest BCUT2D eigenvalue weighted by molar-refractivity contribution is 8.00. The Morgan fingerprint density at radius 1 is 1.46 bits per heavy atom. The molecule has 1 N–H and O–H groups in total. The summed E-state index contributed by atoms with van der Waals surface area (Å²) in [4.78, 5) is 10.2. The largest absolute Gasteiger partial charge is 0.466 e. The molecule has 0 fully saturated rings. The van der Waals surface area contributed by atoms with Crippen molar-refractivity contribution in [1.29, 1.82) is 0 Å². The number of hydrogen-bond acceptors (Lipinski definition) is 4. The number of carbonyl (C=O) groups is 1. The van der Waals surface area contributed by atoms with E-state index in [1.807, 2.05) is 23.8 Å². The Labute approximate surface area is 83.4 Å². The van der Waals surface area contributed by atoms with Crippen LogP contribution in [0.5, 0.6) is 0 Å². The van der Waals surface area contributed by atoms with Crippen molar-refractivity contribution in [3.8, 4) is 0 Å². The van der Waals surface area contributed by atoms with Crippen LogP contribution < -0.4 is 4.72 Å². The molecule has 1 heterocycles. The molecule has 0 radical (unpaired) electrons. The monoisotopic (exact) mass is 201 g/mol. The molecule has 3 nitrogen and oxygen atoms in total. The van der Waals surface area contributed by atoms with E-state index in [2.05, 4.69) is 9.46 Å². The predicted octanol–water partition coefficient (Wildman–Crippen LogP) is 2.22. The van der Waals surface area contributed by atoms with Gasteiger partial charge in [0.15, 0.2) is 0 Å². The Morgan fingerprint density at radius 2 is 2.23 bits per heavy atom. The standard InChI is InChI=1S/C5H10O2.C4H5NS/c1-3-5(6)7-4-2;1-2-4-6-5-3-1/h3-4H2,1-2H3;1-5H. The Bertz CT molecular complexity index is 178. The average Bonchev–Trinajstić information content (AvgIpc) is 2.22. The molecule has 13 heavy (non-hydrogen) atoms. The molecule has 0 aliphatic carbocycles. The van der Waals surface area contributed by atoms with Gasteiger partial charge in [-0.1, -0.05) is 13.0 Å². The maximum atomic E-state index is 10.2. The first-order valence-corrected chi connectivity index (χ1v) is 5.07. The van der Waals surface area contributed by atoms with Crippen molar-refractivity contribution in [1.82, 2.24) is 4.72 Å². The summed E-state index contributed by atoms with van der Waals surface area (Å²) in [6.45, 7) is 4.07. The number of hydrogen-bond donors (Lipinski definition) is 1. The van der Waals surface area contributed by atoms with Gasteiger partial charge in [0.1, 0.15) is 0 Å². The molecule has 1 aliphatic rings. The highest BCUT2D eigenvalue weighted by atomic mass is 32.2. The van der Waals surface area contributed by atoms with Crippen LogP contribution in [0.3, 0.4) is 0 Å². The fourth-order valence-electron chi connectivity index (χ4n) is 0.521. The number of carbonyl (C=O) groups excluding carboxylic acids is 1. The van der Waals surface area contributed by atoms with Gasteiger partial charge in [-0.15, -0.1) is 0 Å². The molecule has 0 aromatic rings. The second-order valence-electron chi connectivity index (χ2n) is 2.08. The molecule has 1 aliphatic heterocycles. The molecule has 0 amide bonds. The molecule has 0 bridgehead atoms. The summed E-state index contributed by atoms with van der Waals surface area (Å²) in [6, 6.07) is 0. The van der Waals surface area contributed by atoms with Crippen molar-refractivity contribution in [2.75, 3.05) is 6.61 Å². The van der Waals surface area contributed by atoms with E-state index < -0.39 is 0 Å². The highest BCUT2D eigenvalue weighted by Crippen LogP contribution is 1.98. The number of allylic oxidation sites excluding steroid dienone is 2. The van der Waals surface area contributed by atoms with Crippen molar-refractivity contribution in [3.63, 3.8) is 0 Å². The number of ether oxygens (including phenoxy) is 1. The normalized spacial score (nSPS) is 12.5. The minimum Gasteiger partial charge on any atom is -0.466 e. The zero-order valence-corrected chi connectivity index (χ0v) is 8.76. The van der Waals surface area contributed by atoms with Gasteiger partial charge in [0, 0.05) is 12.6 Å². The zero-order valence-electron chi connectivity index (χ0n) is 7.95. The van der Waals surface area contributed by atoms with Crippen LogP contribution in [0.2, 0.25) is 0 Å². The van der Waals surface area contributed by atoms with Crippen molar-refractivity contribution >= 4 is 17.9 Å². The molecule has 0 aromatic heterocycles. The van der Waals surface area contributed by atoms with Gasteiger partial charge in [-0.2, -0.15) is 0 Å². The summed E-state index contributed by atoms with van der Waals surface area (Å²) in [6.07, 6.45) is 6.32. The number of rotatable bonds is 2. The molecule has 0 unspecified atom stereocenters. The maximum absolute atomic E-state index is 10.2.